The van der Waals surface area contributed by atoms with Gasteiger partial charge in [0.05, 0.1) is 4.92 Å². The second kappa shape index (κ2) is 6.63. The summed E-state index contributed by atoms with van der Waals surface area (Å²) in [5.41, 5.74) is 1.87. The summed E-state index contributed by atoms with van der Waals surface area (Å²) in [4.78, 5) is 10.5. The molecule has 0 atom stereocenters. The van der Waals surface area contributed by atoms with E-state index in [4.69, 9.17) is 4.74 Å². The molecule has 1 heterocycles. The fourth-order valence-corrected chi connectivity index (χ4v) is 2.33. The highest BCUT2D eigenvalue weighted by Gasteiger charge is 2.14. The number of ether oxygens (including phenoxy) is 1. The summed E-state index contributed by atoms with van der Waals surface area (Å²) in [6, 6.07) is 5.41. The van der Waals surface area contributed by atoms with Gasteiger partial charge in [0.2, 0.25) is 0 Å². The van der Waals surface area contributed by atoms with Crippen LogP contribution >= 0.6 is 0 Å². The molecule has 1 aliphatic rings. The topological polar surface area (TPSA) is 64.4 Å². The molecule has 0 unspecified atom stereocenters. The molecule has 1 aliphatic heterocycles. The summed E-state index contributed by atoms with van der Waals surface area (Å²) >= 11 is 0. The molecule has 1 fully saturated rings. The number of nitro groups is 1. The second-order valence-corrected chi connectivity index (χ2v) is 5.06. The first-order valence-corrected chi connectivity index (χ1v) is 6.69. The van der Waals surface area contributed by atoms with Crippen molar-refractivity contribution in [1.29, 1.82) is 0 Å². The minimum atomic E-state index is -0.322. The zero-order valence-electron chi connectivity index (χ0n) is 11.2. The van der Waals surface area contributed by atoms with Crippen molar-refractivity contribution < 1.29 is 9.66 Å². The molecule has 0 spiro atoms. The van der Waals surface area contributed by atoms with Crippen LogP contribution in [0.5, 0.6) is 0 Å². The zero-order chi connectivity index (χ0) is 13.7. The van der Waals surface area contributed by atoms with Crippen LogP contribution in [0.3, 0.4) is 0 Å². The molecule has 0 radical (unpaired) electrons. The van der Waals surface area contributed by atoms with Crippen LogP contribution in [0.25, 0.3) is 0 Å². The van der Waals surface area contributed by atoms with Crippen LogP contribution in [0.2, 0.25) is 0 Å². The Morgan fingerprint density at radius 3 is 2.84 bits per heavy atom. The largest absolute Gasteiger partial charge is 0.381 e. The Bertz CT molecular complexity index is 442. The van der Waals surface area contributed by atoms with Crippen LogP contribution in [0.1, 0.15) is 24.0 Å². The average Bonchev–Trinajstić information content (AvgIpc) is 2.41. The minimum absolute atomic E-state index is 0.199. The van der Waals surface area contributed by atoms with Crippen LogP contribution in [0.4, 0.5) is 5.69 Å². The summed E-state index contributed by atoms with van der Waals surface area (Å²) in [6.45, 7) is 5.09. The van der Waals surface area contributed by atoms with Gasteiger partial charge in [-0.1, -0.05) is 12.1 Å². The number of hydrogen-bond donors (Lipinski definition) is 1. The molecule has 5 nitrogen and oxygen atoms in total. The van der Waals surface area contributed by atoms with Gasteiger partial charge in [0.25, 0.3) is 5.69 Å². The molecule has 1 N–H and O–H groups in total. The van der Waals surface area contributed by atoms with Crippen molar-refractivity contribution >= 4 is 5.69 Å². The fraction of sp³-hybridized carbons (Fsp3) is 0.571. The van der Waals surface area contributed by atoms with E-state index in [1.165, 1.54) is 0 Å². The van der Waals surface area contributed by atoms with Crippen LogP contribution in [-0.4, -0.2) is 24.7 Å². The van der Waals surface area contributed by atoms with Crippen LogP contribution < -0.4 is 5.32 Å². The van der Waals surface area contributed by atoms with E-state index >= 15 is 0 Å². The maximum atomic E-state index is 10.9. The number of rotatable bonds is 5. The normalized spacial score (nSPS) is 16.5. The molecule has 1 saturated heterocycles. The van der Waals surface area contributed by atoms with Gasteiger partial charge in [-0.2, -0.15) is 0 Å². The third kappa shape index (κ3) is 4.01. The van der Waals surface area contributed by atoms with E-state index in [0.29, 0.717) is 18.0 Å². The van der Waals surface area contributed by atoms with Crippen molar-refractivity contribution in [3.05, 3.63) is 39.4 Å². The molecule has 1 aromatic carbocycles. The first-order valence-electron chi connectivity index (χ1n) is 6.69. The molecule has 0 amide bonds. The number of nitro benzene ring substituents is 1. The Morgan fingerprint density at radius 2 is 2.16 bits per heavy atom. The summed E-state index contributed by atoms with van der Waals surface area (Å²) in [5, 5.41) is 14.2. The Labute approximate surface area is 113 Å². The first-order chi connectivity index (χ1) is 9.16. The van der Waals surface area contributed by atoms with Gasteiger partial charge in [-0.15, -0.1) is 0 Å². The standard InChI is InChI=1S/C14H20N2O3/c1-11-2-3-13(8-14(11)16(17)18)10-15-9-12-4-6-19-7-5-12/h2-3,8,12,15H,4-7,9-10H2,1H3. The second-order valence-electron chi connectivity index (χ2n) is 5.06. The van der Waals surface area contributed by atoms with Gasteiger partial charge in [0.15, 0.2) is 0 Å². The highest BCUT2D eigenvalue weighted by Crippen LogP contribution is 2.19. The molecule has 104 valence electrons. The first kappa shape index (κ1) is 14.0. The van der Waals surface area contributed by atoms with Gasteiger partial charge < -0.3 is 10.1 Å². The van der Waals surface area contributed by atoms with Gasteiger partial charge in [-0.05, 0) is 37.8 Å². The maximum Gasteiger partial charge on any atom is 0.272 e. The third-order valence-electron chi connectivity index (χ3n) is 3.57. The van der Waals surface area contributed by atoms with E-state index < -0.39 is 0 Å². The molecule has 5 heteroatoms. The monoisotopic (exact) mass is 264 g/mol. The van der Waals surface area contributed by atoms with Crippen LogP contribution in [0.15, 0.2) is 18.2 Å². The van der Waals surface area contributed by atoms with Gasteiger partial charge in [0.1, 0.15) is 0 Å². The van der Waals surface area contributed by atoms with Gasteiger partial charge in [-0.25, -0.2) is 0 Å². The molecule has 0 saturated carbocycles. The molecule has 1 aromatic rings. The number of nitrogens with one attached hydrogen (secondary N) is 1. The molecule has 0 bridgehead atoms. The number of hydrogen-bond acceptors (Lipinski definition) is 4. The highest BCUT2D eigenvalue weighted by atomic mass is 16.6. The van der Waals surface area contributed by atoms with Gasteiger partial charge in [-0.3, -0.25) is 10.1 Å². The predicted octanol–water partition coefficient (Wildman–Crippen LogP) is 2.42. The summed E-state index contributed by atoms with van der Waals surface area (Å²) < 4.78 is 5.32. The van der Waals surface area contributed by atoms with Crippen molar-refractivity contribution in [2.24, 2.45) is 5.92 Å². The maximum absolute atomic E-state index is 10.9. The Kier molecular flexibility index (Phi) is 4.87. The van der Waals surface area contributed by atoms with E-state index in [9.17, 15) is 10.1 Å². The molecule has 19 heavy (non-hydrogen) atoms. The molecule has 0 aromatic heterocycles. The smallest absolute Gasteiger partial charge is 0.272 e. The van der Waals surface area contributed by atoms with Crippen molar-refractivity contribution in [2.45, 2.75) is 26.3 Å². The van der Waals surface area contributed by atoms with E-state index in [0.717, 1.165) is 38.2 Å². The summed E-state index contributed by atoms with van der Waals surface area (Å²) in [5.74, 6) is 0.661. The summed E-state index contributed by atoms with van der Waals surface area (Å²) in [6.07, 6.45) is 2.20. The lowest BCUT2D eigenvalue weighted by molar-refractivity contribution is -0.385. The van der Waals surface area contributed by atoms with Crippen LogP contribution in [0, 0.1) is 23.0 Å². The Hall–Kier alpha value is -1.46. The number of benzene rings is 1. The average molecular weight is 264 g/mol. The van der Waals surface area contributed by atoms with E-state index in [1.807, 2.05) is 12.1 Å². The fourth-order valence-electron chi connectivity index (χ4n) is 2.33. The minimum Gasteiger partial charge on any atom is -0.381 e. The number of nitrogens with zero attached hydrogens (tertiary/aromatic N) is 1. The quantitative estimate of drug-likeness (QED) is 0.655. The molecular weight excluding hydrogens is 244 g/mol. The van der Waals surface area contributed by atoms with E-state index in [1.54, 1.807) is 13.0 Å². The highest BCUT2D eigenvalue weighted by molar-refractivity contribution is 5.42. The lowest BCUT2D eigenvalue weighted by Gasteiger charge is -2.22. The van der Waals surface area contributed by atoms with Crippen molar-refractivity contribution in [1.82, 2.24) is 5.32 Å². The molecule has 2 rings (SSSR count). The Morgan fingerprint density at radius 1 is 1.42 bits per heavy atom. The molecule has 0 aliphatic carbocycles. The third-order valence-corrected chi connectivity index (χ3v) is 3.57. The molecular formula is C14H20N2O3. The van der Waals surface area contributed by atoms with Crippen molar-refractivity contribution in [2.75, 3.05) is 19.8 Å². The van der Waals surface area contributed by atoms with E-state index in [-0.39, 0.29) is 10.6 Å². The van der Waals surface area contributed by atoms with E-state index in [2.05, 4.69) is 5.32 Å². The Balaban J connectivity index is 1.85. The van der Waals surface area contributed by atoms with Crippen molar-refractivity contribution in [3.63, 3.8) is 0 Å². The predicted molar refractivity (Wildman–Crippen MR) is 73.1 cm³/mol. The lowest BCUT2D eigenvalue weighted by Crippen LogP contribution is -2.27. The van der Waals surface area contributed by atoms with Gasteiger partial charge >= 0.3 is 0 Å². The van der Waals surface area contributed by atoms with Crippen molar-refractivity contribution in [3.8, 4) is 0 Å². The summed E-state index contributed by atoms with van der Waals surface area (Å²) in [7, 11) is 0. The SMILES string of the molecule is Cc1ccc(CNCC2CCOCC2)cc1[N+](=O)[O-]. The lowest BCUT2D eigenvalue weighted by atomic mass is 10.0. The van der Waals surface area contributed by atoms with Crippen LogP contribution in [-0.2, 0) is 11.3 Å². The van der Waals surface area contributed by atoms with Gasteiger partial charge in [0, 0.05) is 31.4 Å². The number of aryl methyl sites for hydroxylation is 1. The zero-order valence-corrected chi connectivity index (χ0v) is 11.2.